The summed E-state index contributed by atoms with van der Waals surface area (Å²) in [6.07, 6.45) is 0.915. The van der Waals surface area contributed by atoms with Gasteiger partial charge in [-0.05, 0) is 61.7 Å². The second-order valence-corrected chi connectivity index (χ2v) is 10.1. The first-order chi connectivity index (χ1) is 13.9. The number of hydrogen-bond donors (Lipinski definition) is 1. The lowest BCUT2D eigenvalue weighted by molar-refractivity contribution is 0.156. The molecule has 29 heavy (non-hydrogen) atoms. The Balaban J connectivity index is 1.28. The van der Waals surface area contributed by atoms with E-state index in [1.165, 1.54) is 12.1 Å². The van der Waals surface area contributed by atoms with Crippen molar-refractivity contribution in [1.29, 1.82) is 0 Å². The number of halogens is 1. The summed E-state index contributed by atoms with van der Waals surface area (Å²) in [6, 6.07) is 13.4. The third-order valence-corrected chi connectivity index (χ3v) is 8.36. The lowest BCUT2D eigenvalue weighted by Crippen LogP contribution is -2.46. The van der Waals surface area contributed by atoms with Crippen LogP contribution in [0.2, 0.25) is 0 Å². The third-order valence-electron chi connectivity index (χ3n) is 6.07. The number of fused-ring (bicyclic) bond motifs is 1. The number of anilines is 1. The molecule has 2 atom stereocenters. The van der Waals surface area contributed by atoms with E-state index in [0.717, 1.165) is 44.8 Å². The van der Waals surface area contributed by atoms with Gasteiger partial charge in [0.15, 0.2) is 9.84 Å². The smallest absolute Gasteiger partial charge is 0.181 e. The van der Waals surface area contributed by atoms with Crippen molar-refractivity contribution in [2.75, 3.05) is 37.6 Å². The van der Waals surface area contributed by atoms with Crippen molar-refractivity contribution in [3.05, 3.63) is 59.9 Å². The van der Waals surface area contributed by atoms with Crippen molar-refractivity contribution in [3.8, 4) is 0 Å². The molecule has 2 aliphatic heterocycles. The van der Waals surface area contributed by atoms with Gasteiger partial charge >= 0.3 is 0 Å². The number of nitrogens with zero attached hydrogens (tertiary/aromatic N) is 2. The maximum Gasteiger partial charge on any atom is 0.181 e. The number of aliphatic hydroxyl groups excluding tert-OH is 1. The Morgan fingerprint density at radius 2 is 1.69 bits per heavy atom. The van der Waals surface area contributed by atoms with Crippen molar-refractivity contribution in [2.24, 2.45) is 0 Å². The van der Waals surface area contributed by atoms with E-state index in [1.807, 2.05) is 12.1 Å². The Morgan fingerprint density at radius 3 is 2.41 bits per heavy atom. The zero-order valence-electron chi connectivity index (χ0n) is 16.4. The molecule has 0 bridgehead atoms. The van der Waals surface area contributed by atoms with Gasteiger partial charge in [0.1, 0.15) is 5.82 Å². The molecule has 156 valence electrons. The van der Waals surface area contributed by atoms with Gasteiger partial charge in [0.2, 0.25) is 0 Å². The first-order valence-corrected chi connectivity index (χ1v) is 11.7. The first kappa shape index (κ1) is 20.3. The Hall–Kier alpha value is -1.96. The summed E-state index contributed by atoms with van der Waals surface area (Å²) in [5, 5.41) is 9.84. The number of rotatable bonds is 5. The number of piperazine rings is 1. The minimum atomic E-state index is -3.38. The molecule has 0 aliphatic carbocycles. The maximum atomic E-state index is 13.1. The third kappa shape index (κ3) is 4.32. The Morgan fingerprint density at radius 1 is 1.00 bits per heavy atom. The van der Waals surface area contributed by atoms with Gasteiger partial charge in [0.25, 0.3) is 0 Å². The van der Waals surface area contributed by atoms with Crippen LogP contribution >= 0.6 is 0 Å². The lowest BCUT2D eigenvalue weighted by atomic mass is 10.0. The molecule has 1 N–H and O–H groups in total. The first-order valence-electron chi connectivity index (χ1n) is 10.2. The Kier molecular flexibility index (Phi) is 5.90. The van der Waals surface area contributed by atoms with Crippen molar-refractivity contribution in [1.82, 2.24) is 4.90 Å². The average Bonchev–Trinajstić information content (AvgIpc) is 2.73. The van der Waals surface area contributed by atoms with Crippen LogP contribution in [0.25, 0.3) is 0 Å². The molecule has 2 aromatic rings. The highest BCUT2D eigenvalue weighted by atomic mass is 32.2. The Labute approximate surface area is 171 Å². The number of sulfone groups is 1. The molecule has 1 saturated heterocycles. The van der Waals surface area contributed by atoms with E-state index in [9.17, 15) is 17.9 Å². The van der Waals surface area contributed by atoms with Crippen LogP contribution in [-0.2, 0) is 9.84 Å². The van der Waals surface area contributed by atoms with E-state index in [-0.39, 0.29) is 17.1 Å². The van der Waals surface area contributed by atoms with Crippen molar-refractivity contribution in [3.63, 3.8) is 0 Å². The fourth-order valence-electron chi connectivity index (χ4n) is 4.39. The minimum Gasteiger partial charge on any atom is -0.388 e. The van der Waals surface area contributed by atoms with Crippen LogP contribution in [0.5, 0.6) is 0 Å². The standard InChI is InChI=1S/C22H27FN2O3S/c23-17-7-9-18(10-8-17)25-14-12-24(13-15-25)11-3-4-19-16-21(26)20-5-1-2-6-22(20)29(19,27)28/h1-2,5-10,19,21,26H,3-4,11-16H2. The highest BCUT2D eigenvalue weighted by Gasteiger charge is 2.37. The molecule has 0 amide bonds. The SMILES string of the molecule is O=S1(=O)c2ccccc2C(O)CC1CCCN1CCN(c2ccc(F)cc2)CC1. The van der Waals surface area contributed by atoms with Gasteiger partial charge in [-0.1, -0.05) is 18.2 Å². The quantitative estimate of drug-likeness (QED) is 0.809. The summed E-state index contributed by atoms with van der Waals surface area (Å²) >= 11 is 0. The molecule has 0 spiro atoms. The minimum absolute atomic E-state index is 0.224. The predicted molar refractivity (Wildman–Crippen MR) is 111 cm³/mol. The van der Waals surface area contributed by atoms with E-state index >= 15 is 0 Å². The predicted octanol–water partition coefficient (Wildman–Crippen LogP) is 3.01. The molecule has 2 aliphatic rings. The van der Waals surface area contributed by atoms with Crippen LogP contribution < -0.4 is 4.90 Å². The summed E-state index contributed by atoms with van der Waals surface area (Å²) in [7, 11) is -3.38. The molecule has 1 fully saturated rings. The Bertz CT molecular complexity index is 941. The van der Waals surface area contributed by atoms with E-state index < -0.39 is 21.2 Å². The van der Waals surface area contributed by atoms with E-state index in [0.29, 0.717) is 12.0 Å². The molecule has 2 aromatic carbocycles. The van der Waals surface area contributed by atoms with Gasteiger partial charge in [0, 0.05) is 31.9 Å². The fourth-order valence-corrected chi connectivity index (χ4v) is 6.47. The number of hydrogen-bond acceptors (Lipinski definition) is 5. The van der Waals surface area contributed by atoms with Crippen molar-refractivity contribution < 1.29 is 17.9 Å². The highest BCUT2D eigenvalue weighted by Crippen LogP contribution is 2.37. The van der Waals surface area contributed by atoms with Crippen LogP contribution in [0.3, 0.4) is 0 Å². The summed E-state index contributed by atoms with van der Waals surface area (Å²) in [5.41, 5.74) is 1.56. The van der Waals surface area contributed by atoms with Gasteiger partial charge in [-0.15, -0.1) is 0 Å². The summed E-state index contributed by atoms with van der Waals surface area (Å²) < 4.78 is 38.9. The molecule has 0 radical (unpaired) electrons. The second-order valence-electron chi connectivity index (χ2n) is 7.90. The average molecular weight is 419 g/mol. The van der Waals surface area contributed by atoms with Gasteiger partial charge in [0.05, 0.1) is 16.2 Å². The van der Waals surface area contributed by atoms with Crippen LogP contribution in [0.15, 0.2) is 53.4 Å². The topological polar surface area (TPSA) is 60.9 Å². The van der Waals surface area contributed by atoms with Gasteiger partial charge in [-0.3, -0.25) is 4.90 Å². The normalized spacial score (nSPS) is 24.3. The van der Waals surface area contributed by atoms with Gasteiger partial charge in [-0.25, -0.2) is 12.8 Å². The molecular formula is C22H27FN2O3S. The zero-order chi connectivity index (χ0) is 20.4. The summed E-state index contributed by atoms with van der Waals surface area (Å²) in [5.74, 6) is -0.224. The molecule has 2 unspecified atom stereocenters. The summed E-state index contributed by atoms with van der Waals surface area (Å²) in [4.78, 5) is 4.88. The van der Waals surface area contributed by atoms with Gasteiger partial charge in [-0.2, -0.15) is 0 Å². The van der Waals surface area contributed by atoms with E-state index in [4.69, 9.17) is 0 Å². The number of aliphatic hydroxyl groups is 1. The molecule has 5 nitrogen and oxygen atoms in total. The molecule has 0 saturated carbocycles. The fraction of sp³-hybridized carbons (Fsp3) is 0.455. The number of benzene rings is 2. The molecule has 2 heterocycles. The maximum absolute atomic E-state index is 13.1. The highest BCUT2D eigenvalue weighted by molar-refractivity contribution is 7.92. The van der Waals surface area contributed by atoms with Crippen molar-refractivity contribution in [2.45, 2.75) is 35.5 Å². The largest absolute Gasteiger partial charge is 0.388 e. The van der Waals surface area contributed by atoms with Crippen LogP contribution in [0.1, 0.15) is 30.9 Å². The van der Waals surface area contributed by atoms with Crippen molar-refractivity contribution >= 4 is 15.5 Å². The van der Waals surface area contributed by atoms with Gasteiger partial charge < -0.3 is 10.0 Å². The van der Waals surface area contributed by atoms with Crippen LogP contribution in [0, 0.1) is 5.82 Å². The van der Waals surface area contributed by atoms with E-state index in [2.05, 4.69) is 9.80 Å². The summed E-state index contributed by atoms with van der Waals surface area (Å²) in [6.45, 7) is 4.40. The molecular weight excluding hydrogens is 391 g/mol. The molecule has 7 heteroatoms. The monoisotopic (exact) mass is 418 g/mol. The van der Waals surface area contributed by atoms with Crippen LogP contribution in [0.4, 0.5) is 10.1 Å². The molecule has 4 rings (SSSR count). The zero-order valence-corrected chi connectivity index (χ0v) is 17.2. The second kappa shape index (κ2) is 8.42. The van der Waals surface area contributed by atoms with E-state index in [1.54, 1.807) is 24.3 Å². The molecule has 0 aromatic heterocycles. The van der Waals surface area contributed by atoms with Crippen LogP contribution in [-0.4, -0.2) is 56.4 Å². The lowest BCUT2D eigenvalue weighted by Gasteiger charge is -2.36.